The van der Waals surface area contributed by atoms with Gasteiger partial charge in [0.05, 0.1) is 6.61 Å². The molecule has 0 aromatic rings. The summed E-state index contributed by atoms with van der Waals surface area (Å²) in [5, 5.41) is 3.74. The fourth-order valence-corrected chi connectivity index (χ4v) is 2.83. The molecule has 1 fully saturated rings. The van der Waals surface area contributed by atoms with Crippen LogP contribution in [0, 0.1) is 11.8 Å². The van der Waals surface area contributed by atoms with Crippen LogP contribution in [0.5, 0.6) is 0 Å². The molecule has 0 aromatic carbocycles. The molecule has 1 N–H and O–H groups in total. The fourth-order valence-electron chi connectivity index (χ4n) is 2.83. The third kappa shape index (κ3) is 4.42. The first-order valence-corrected chi connectivity index (χ1v) is 7.10. The molecule has 1 rings (SSSR count). The second-order valence-electron chi connectivity index (χ2n) is 5.22. The molecule has 1 aliphatic rings. The van der Waals surface area contributed by atoms with Gasteiger partial charge in [-0.25, -0.2) is 0 Å². The minimum Gasteiger partial charge on any atom is -0.381 e. The highest BCUT2D eigenvalue weighted by Gasteiger charge is 2.27. The average Bonchev–Trinajstić information content (AvgIpc) is 2.31. The Hall–Kier alpha value is -0.0800. The molecule has 0 bridgehead atoms. The van der Waals surface area contributed by atoms with E-state index in [-0.39, 0.29) is 0 Å². The first-order valence-electron chi connectivity index (χ1n) is 7.10. The molecule has 0 saturated carbocycles. The van der Waals surface area contributed by atoms with Crippen LogP contribution in [0.4, 0.5) is 0 Å². The Balaban J connectivity index is 2.46. The highest BCUT2D eigenvalue weighted by molar-refractivity contribution is 4.82. The molecular weight excluding hydrogens is 198 g/mol. The monoisotopic (exact) mass is 227 g/mol. The summed E-state index contributed by atoms with van der Waals surface area (Å²) in [5.41, 5.74) is 0. The average molecular weight is 227 g/mol. The minimum absolute atomic E-state index is 0.667. The molecule has 0 spiro atoms. The molecule has 3 unspecified atom stereocenters. The van der Waals surface area contributed by atoms with Crippen molar-refractivity contribution in [2.24, 2.45) is 11.8 Å². The Morgan fingerprint density at radius 2 is 2.12 bits per heavy atom. The van der Waals surface area contributed by atoms with Gasteiger partial charge in [0, 0.05) is 12.6 Å². The largest absolute Gasteiger partial charge is 0.381 e. The quantitative estimate of drug-likeness (QED) is 0.721. The van der Waals surface area contributed by atoms with Gasteiger partial charge in [-0.15, -0.1) is 0 Å². The molecule has 96 valence electrons. The van der Waals surface area contributed by atoms with Crippen LogP contribution in [-0.2, 0) is 4.74 Å². The minimum atomic E-state index is 0.667. The summed E-state index contributed by atoms with van der Waals surface area (Å²) in [6, 6.07) is 0.667. The van der Waals surface area contributed by atoms with E-state index < -0.39 is 0 Å². The van der Waals surface area contributed by atoms with Crippen molar-refractivity contribution < 1.29 is 4.74 Å². The second-order valence-corrected chi connectivity index (χ2v) is 5.22. The van der Waals surface area contributed by atoms with Crippen molar-refractivity contribution in [3.8, 4) is 0 Å². The molecule has 3 atom stereocenters. The van der Waals surface area contributed by atoms with Crippen molar-refractivity contribution >= 4 is 0 Å². The lowest BCUT2D eigenvalue weighted by molar-refractivity contribution is 0.0293. The van der Waals surface area contributed by atoms with Gasteiger partial charge in [0.1, 0.15) is 0 Å². The maximum absolute atomic E-state index is 5.63. The summed E-state index contributed by atoms with van der Waals surface area (Å²) in [7, 11) is 0. The molecule has 0 radical (unpaired) electrons. The van der Waals surface area contributed by atoms with Crippen molar-refractivity contribution in [3.63, 3.8) is 0 Å². The highest BCUT2D eigenvalue weighted by Crippen LogP contribution is 2.24. The third-order valence-corrected chi connectivity index (χ3v) is 3.69. The van der Waals surface area contributed by atoms with Gasteiger partial charge in [-0.1, -0.05) is 27.2 Å². The van der Waals surface area contributed by atoms with Gasteiger partial charge < -0.3 is 10.1 Å². The zero-order chi connectivity index (χ0) is 11.8. The van der Waals surface area contributed by atoms with E-state index in [1.54, 1.807) is 0 Å². The van der Waals surface area contributed by atoms with Gasteiger partial charge in [-0.05, 0) is 44.1 Å². The summed E-state index contributed by atoms with van der Waals surface area (Å²) < 4.78 is 5.63. The van der Waals surface area contributed by atoms with Crippen LogP contribution >= 0.6 is 0 Å². The third-order valence-electron chi connectivity index (χ3n) is 3.69. The van der Waals surface area contributed by atoms with E-state index in [0.29, 0.717) is 6.04 Å². The normalized spacial score (nSPS) is 25.3. The predicted octanol–water partition coefficient (Wildman–Crippen LogP) is 3.22. The summed E-state index contributed by atoms with van der Waals surface area (Å²) >= 11 is 0. The van der Waals surface area contributed by atoms with Crippen LogP contribution < -0.4 is 5.32 Å². The van der Waals surface area contributed by atoms with E-state index in [2.05, 4.69) is 26.1 Å². The van der Waals surface area contributed by atoms with Crippen molar-refractivity contribution in [2.75, 3.05) is 19.8 Å². The molecular formula is C14H29NO. The van der Waals surface area contributed by atoms with E-state index in [1.807, 2.05) is 0 Å². The van der Waals surface area contributed by atoms with Crippen LogP contribution in [0.15, 0.2) is 0 Å². The Labute approximate surface area is 101 Å². The Morgan fingerprint density at radius 3 is 2.69 bits per heavy atom. The Morgan fingerprint density at radius 1 is 1.31 bits per heavy atom. The van der Waals surface area contributed by atoms with E-state index in [1.165, 1.54) is 32.1 Å². The molecule has 1 heterocycles. The summed E-state index contributed by atoms with van der Waals surface area (Å²) in [6.45, 7) is 10.0. The molecule has 1 saturated heterocycles. The standard InChI is InChI=1S/C14H29NO/c1-4-7-12(3)14(15-9-5-2)13-8-6-10-16-11-13/h12-15H,4-11H2,1-3H3. The van der Waals surface area contributed by atoms with Crippen LogP contribution in [0.3, 0.4) is 0 Å². The Bertz CT molecular complexity index is 166. The molecule has 0 amide bonds. The predicted molar refractivity (Wildman–Crippen MR) is 69.7 cm³/mol. The number of rotatable bonds is 7. The lowest BCUT2D eigenvalue weighted by Crippen LogP contribution is -2.44. The SMILES string of the molecule is CCCNC(C(C)CCC)C1CCCOC1. The fraction of sp³-hybridized carbons (Fsp3) is 1.00. The second kappa shape index (κ2) is 8.08. The van der Waals surface area contributed by atoms with E-state index in [9.17, 15) is 0 Å². The zero-order valence-electron chi connectivity index (χ0n) is 11.3. The van der Waals surface area contributed by atoms with Crippen molar-refractivity contribution in [2.45, 2.75) is 58.9 Å². The zero-order valence-corrected chi connectivity index (χ0v) is 11.3. The summed E-state index contributed by atoms with van der Waals surface area (Å²) in [5.74, 6) is 1.52. The number of hydrogen-bond acceptors (Lipinski definition) is 2. The first kappa shape index (κ1) is 14.0. The first-order chi connectivity index (χ1) is 7.79. The van der Waals surface area contributed by atoms with E-state index >= 15 is 0 Å². The molecule has 0 aromatic heterocycles. The lowest BCUT2D eigenvalue weighted by atomic mass is 9.83. The molecule has 16 heavy (non-hydrogen) atoms. The topological polar surface area (TPSA) is 21.3 Å². The van der Waals surface area contributed by atoms with Gasteiger partial charge in [0.2, 0.25) is 0 Å². The number of hydrogen-bond donors (Lipinski definition) is 1. The van der Waals surface area contributed by atoms with Crippen molar-refractivity contribution in [3.05, 3.63) is 0 Å². The molecule has 1 aliphatic heterocycles. The smallest absolute Gasteiger partial charge is 0.0509 e. The van der Waals surface area contributed by atoms with E-state index in [0.717, 1.165) is 31.6 Å². The molecule has 2 heteroatoms. The molecule has 2 nitrogen and oxygen atoms in total. The maximum atomic E-state index is 5.63. The Kier molecular flexibility index (Phi) is 7.06. The lowest BCUT2D eigenvalue weighted by Gasteiger charge is -2.35. The number of ether oxygens (including phenoxy) is 1. The molecule has 0 aliphatic carbocycles. The highest BCUT2D eigenvalue weighted by atomic mass is 16.5. The summed E-state index contributed by atoms with van der Waals surface area (Å²) in [4.78, 5) is 0. The van der Waals surface area contributed by atoms with Crippen molar-refractivity contribution in [1.29, 1.82) is 0 Å². The maximum Gasteiger partial charge on any atom is 0.0509 e. The van der Waals surface area contributed by atoms with Gasteiger partial charge >= 0.3 is 0 Å². The van der Waals surface area contributed by atoms with Crippen LogP contribution in [-0.4, -0.2) is 25.8 Å². The summed E-state index contributed by atoms with van der Waals surface area (Å²) in [6.07, 6.45) is 6.43. The van der Waals surface area contributed by atoms with E-state index in [4.69, 9.17) is 4.74 Å². The van der Waals surface area contributed by atoms with Crippen LogP contribution in [0.1, 0.15) is 52.9 Å². The number of nitrogens with one attached hydrogen (secondary N) is 1. The van der Waals surface area contributed by atoms with Gasteiger partial charge in [0.25, 0.3) is 0 Å². The van der Waals surface area contributed by atoms with Crippen LogP contribution in [0.2, 0.25) is 0 Å². The van der Waals surface area contributed by atoms with Gasteiger partial charge in [-0.2, -0.15) is 0 Å². The van der Waals surface area contributed by atoms with Crippen LogP contribution in [0.25, 0.3) is 0 Å². The van der Waals surface area contributed by atoms with Gasteiger partial charge in [-0.3, -0.25) is 0 Å². The van der Waals surface area contributed by atoms with Crippen molar-refractivity contribution in [1.82, 2.24) is 5.32 Å². The van der Waals surface area contributed by atoms with Gasteiger partial charge in [0.15, 0.2) is 0 Å².